The molecule has 1 aromatic rings. The third-order valence-electron chi connectivity index (χ3n) is 4.02. The van der Waals surface area contributed by atoms with Gasteiger partial charge < -0.3 is 5.73 Å². The van der Waals surface area contributed by atoms with E-state index in [1.165, 1.54) is 16.6 Å². The van der Waals surface area contributed by atoms with E-state index in [0.717, 1.165) is 31.0 Å². The summed E-state index contributed by atoms with van der Waals surface area (Å²) >= 11 is 1.16. The molecule has 0 spiro atoms. The lowest BCUT2D eigenvalue weighted by Gasteiger charge is -2.25. The van der Waals surface area contributed by atoms with Gasteiger partial charge in [0.25, 0.3) is 0 Å². The number of carbonyl (C=O) groups is 2. The molecule has 2 heterocycles. The molecule has 0 unspecified atom stereocenters. The fourth-order valence-electron chi connectivity index (χ4n) is 2.66. The summed E-state index contributed by atoms with van der Waals surface area (Å²) < 4.78 is 26.7. The lowest BCUT2D eigenvalue weighted by molar-refractivity contribution is -0.120. The zero-order chi connectivity index (χ0) is 19.3. The van der Waals surface area contributed by atoms with Gasteiger partial charge in [-0.25, -0.2) is 18.2 Å². The minimum absolute atomic E-state index is 0.0714. The van der Waals surface area contributed by atoms with Crippen molar-refractivity contribution in [2.24, 2.45) is 11.7 Å². The second kappa shape index (κ2) is 8.83. The molecule has 0 aromatic carbocycles. The molecule has 1 aliphatic rings. The maximum atomic E-state index is 12.6. The van der Waals surface area contributed by atoms with E-state index in [-0.39, 0.29) is 10.8 Å². The predicted molar refractivity (Wildman–Crippen MR) is 99.1 cm³/mol. The normalized spacial score (nSPS) is 17.0. The van der Waals surface area contributed by atoms with E-state index in [1.54, 1.807) is 6.07 Å². The zero-order valence-corrected chi connectivity index (χ0v) is 16.5. The van der Waals surface area contributed by atoms with Gasteiger partial charge >= 0.3 is 6.03 Å². The molecular weight excluding hydrogens is 376 g/mol. The van der Waals surface area contributed by atoms with Gasteiger partial charge in [-0.3, -0.25) is 10.1 Å². The molecule has 1 saturated heterocycles. The van der Waals surface area contributed by atoms with Crippen molar-refractivity contribution < 1.29 is 18.0 Å². The highest BCUT2D eigenvalue weighted by Gasteiger charge is 2.28. The van der Waals surface area contributed by atoms with Crippen LogP contribution >= 0.6 is 11.8 Å². The van der Waals surface area contributed by atoms with Crippen LogP contribution in [0.2, 0.25) is 0 Å². The first-order valence-corrected chi connectivity index (χ1v) is 10.8. The van der Waals surface area contributed by atoms with Gasteiger partial charge in [0.1, 0.15) is 4.90 Å². The molecule has 144 valence electrons. The molecule has 1 aliphatic heterocycles. The van der Waals surface area contributed by atoms with Crippen molar-refractivity contribution in [3.63, 3.8) is 0 Å². The summed E-state index contributed by atoms with van der Waals surface area (Å²) in [5.74, 6) is -0.567. The first kappa shape index (κ1) is 20.7. The molecule has 10 heteroatoms. The number of amides is 3. The summed E-state index contributed by atoms with van der Waals surface area (Å²) in [6.07, 6.45) is 4.09. The monoisotopic (exact) mass is 400 g/mol. The van der Waals surface area contributed by atoms with Crippen LogP contribution in [0.3, 0.4) is 0 Å². The third-order valence-corrected chi connectivity index (χ3v) is 7.40. The Labute approximate surface area is 158 Å². The van der Waals surface area contributed by atoms with Gasteiger partial charge in [-0.15, -0.1) is 0 Å². The number of nitrogens with one attached hydrogen (secondary N) is 1. The van der Waals surface area contributed by atoms with E-state index in [9.17, 15) is 18.0 Å². The average Bonchev–Trinajstić information content (AvgIpc) is 2.60. The van der Waals surface area contributed by atoms with E-state index >= 15 is 0 Å². The van der Waals surface area contributed by atoms with Gasteiger partial charge in [0.05, 0.1) is 10.3 Å². The van der Waals surface area contributed by atoms with Crippen molar-refractivity contribution in [1.29, 1.82) is 0 Å². The molecule has 0 saturated carbocycles. The lowest BCUT2D eigenvalue weighted by Crippen LogP contribution is -2.42. The van der Waals surface area contributed by atoms with Crippen molar-refractivity contribution in [2.75, 3.05) is 13.1 Å². The Balaban J connectivity index is 2.12. The largest absolute Gasteiger partial charge is 0.351 e. The highest BCUT2D eigenvalue weighted by Crippen LogP contribution is 2.28. The zero-order valence-electron chi connectivity index (χ0n) is 14.8. The van der Waals surface area contributed by atoms with Crippen LogP contribution in [0.1, 0.15) is 33.1 Å². The summed E-state index contributed by atoms with van der Waals surface area (Å²) in [5.41, 5.74) is 5.00. The summed E-state index contributed by atoms with van der Waals surface area (Å²) in [5, 5.41) is 2.00. The molecule has 2 rings (SSSR count). The van der Waals surface area contributed by atoms with E-state index in [2.05, 4.69) is 10.3 Å². The minimum atomic E-state index is -3.53. The van der Waals surface area contributed by atoms with Crippen LogP contribution in [0.5, 0.6) is 0 Å². The minimum Gasteiger partial charge on any atom is -0.351 e. The molecule has 0 bridgehead atoms. The fraction of sp³-hybridized carbons (Fsp3) is 0.562. The number of hydrogen-bond acceptors (Lipinski definition) is 6. The Kier molecular flexibility index (Phi) is 7.01. The van der Waals surface area contributed by atoms with Gasteiger partial charge in [0.15, 0.2) is 0 Å². The predicted octanol–water partition coefficient (Wildman–Crippen LogP) is 1.57. The molecule has 3 N–H and O–H groups in total. The number of primary amides is 1. The summed E-state index contributed by atoms with van der Waals surface area (Å²) in [4.78, 5) is 27.3. The smallest absolute Gasteiger partial charge is 0.318 e. The van der Waals surface area contributed by atoms with Gasteiger partial charge in [0, 0.05) is 19.3 Å². The Hall–Kier alpha value is -1.65. The number of rotatable bonds is 6. The highest BCUT2D eigenvalue weighted by molar-refractivity contribution is 8.00. The Bertz CT molecular complexity index is 744. The number of carbonyl (C=O) groups excluding carboxylic acids is 2. The van der Waals surface area contributed by atoms with E-state index < -0.39 is 27.2 Å². The quantitative estimate of drug-likeness (QED) is 0.699. The molecular formula is C16H24N4O4S2. The summed E-state index contributed by atoms with van der Waals surface area (Å²) in [6, 6.07) is 2.18. The number of pyridine rings is 1. The summed E-state index contributed by atoms with van der Waals surface area (Å²) in [7, 11) is -3.53. The standard InChI is InChI=1S/C16H24N4O4S2/c1-11(2)14(15(21)19-16(17)22)25-13-7-6-12(10-18-13)26(23,24)20-8-4-3-5-9-20/h6-7,10-11,14H,3-5,8-9H2,1-2H3,(H3,17,19,21,22)/t14-/m1/s1. The lowest BCUT2D eigenvalue weighted by atomic mass is 10.1. The van der Waals surface area contributed by atoms with Crippen LogP contribution in [0.15, 0.2) is 28.3 Å². The van der Waals surface area contributed by atoms with Crippen molar-refractivity contribution in [2.45, 2.75) is 48.3 Å². The molecule has 1 aromatic heterocycles. The fourth-order valence-corrected chi connectivity index (χ4v) is 5.08. The van der Waals surface area contributed by atoms with Gasteiger partial charge in [-0.1, -0.05) is 32.0 Å². The van der Waals surface area contributed by atoms with Crippen LogP contribution in [0, 0.1) is 5.92 Å². The van der Waals surface area contributed by atoms with Crippen molar-refractivity contribution >= 4 is 33.7 Å². The number of nitrogens with zero attached hydrogens (tertiary/aromatic N) is 2. The van der Waals surface area contributed by atoms with Crippen LogP contribution in [0.25, 0.3) is 0 Å². The number of hydrogen-bond donors (Lipinski definition) is 2. The number of aromatic nitrogens is 1. The molecule has 0 aliphatic carbocycles. The van der Waals surface area contributed by atoms with Crippen molar-refractivity contribution in [3.05, 3.63) is 18.3 Å². The van der Waals surface area contributed by atoms with Crippen molar-refractivity contribution in [3.8, 4) is 0 Å². The SMILES string of the molecule is CC(C)[C@@H](Sc1ccc(S(=O)(=O)N2CCCCC2)cn1)C(=O)NC(N)=O. The number of piperidine rings is 1. The van der Waals surface area contributed by atoms with Crippen LogP contribution in [0.4, 0.5) is 4.79 Å². The van der Waals surface area contributed by atoms with E-state index in [1.807, 2.05) is 13.8 Å². The topological polar surface area (TPSA) is 122 Å². The molecule has 3 amide bonds. The Morgan fingerprint density at radius 1 is 1.23 bits per heavy atom. The average molecular weight is 401 g/mol. The van der Waals surface area contributed by atoms with Gasteiger partial charge in [-0.05, 0) is 30.9 Å². The van der Waals surface area contributed by atoms with Gasteiger partial charge in [0.2, 0.25) is 15.9 Å². The Morgan fingerprint density at radius 3 is 2.38 bits per heavy atom. The second-order valence-corrected chi connectivity index (χ2v) is 9.53. The third kappa shape index (κ3) is 5.18. The molecule has 8 nitrogen and oxygen atoms in total. The number of nitrogens with two attached hydrogens (primary N) is 1. The number of sulfonamides is 1. The van der Waals surface area contributed by atoms with Crippen LogP contribution in [-0.2, 0) is 14.8 Å². The summed E-state index contributed by atoms with van der Waals surface area (Å²) in [6.45, 7) is 4.74. The molecule has 1 fully saturated rings. The van der Waals surface area contributed by atoms with Gasteiger partial charge in [-0.2, -0.15) is 4.31 Å². The maximum absolute atomic E-state index is 12.6. The first-order chi connectivity index (χ1) is 12.2. The number of imide groups is 1. The molecule has 26 heavy (non-hydrogen) atoms. The number of urea groups is 1. The number of thioether (sulfide) groups is 1. The Morgan fingerprint density at radius 2 is 1.88 bits per heavy atom. The molecule has 1 atom stereocenters. The van der Waals surface area contributed by atoms with E-state index in [4.69, 9.17) is 5.73 Å². The molecule has 0 radical (unpaired) electrons. The van der Waals surface area contributed by atoms with Crippen LogP contribution < -0.4 is 11.1 Å². The van der Waals surface area contributed by atoms with E-state index in [0.29, 0.717) is 18.1 Å². The van der Waals surface area contributed by atoms with Crippen molar-refractivity contribution in [1.82, 2.24) is 14.6 Å². The first-order valence-electron chi connectivity index (χ1n) is 8.45. The van der Waals surface area contributed by atoms with Crippen LogP contribution in [-0.4, -0.2) is 48.0 Å². The maximum Gasteiger partial charge on any atom is 0.318 e. The highest BCUT2D eigenvalue weighted by atomic mass is 32.2. The second-order valence-electron chi connectivity index (χ2n) is 6.43.